The monoisotopic (exact) mass is 379 g/mol. The molecule has 5 nitrogen and oxygen atoms in total. The van der Waals surface area contributed by atoms with Gasteiger partial charge < -0.3 is 20.1 Å². The Labute approximate surface area is 162 Å². The smallest absolute Gasteiger partial charge is 0.191 e. The lowest BCUT2D eigenvalue weighted by Crippen LogP contribution is -2.38. The summed E-state index contributed by atoms with van der Waals surface area (Å²) in [5.41, 5.74) is 1.52. The molecule has 0 heterocycles. The standard InChI is InChI=1S/C21H34FN3O2/c1-3-23-21(24-12-7-13-27-19-8-5-4-6-9-19)25-15-17-10-11-20(22)18(14-17)16-26-2/h10-11,14,19H,3-9,12-13,15-16H2,1-2H3,(H2,23,24,25). The van der Waals surface area contributed by atoms with Crippen LogP contribution in [-0.2, 0) is 22.6 Å². The third kappa shape index (κ3) is 8.26. The van der Waals surface area contributed by atoms with Crippen LogP contribution in [0.25, 0.3) is 0 Å². The second-order valence-corrected chi connectivity index (χ2v) is 6.97. The van der Waals surface area contributed by atoms with Gasteiger partial charge in [0.2, 0.25) is 0 Å². The topological polar surface area (TPSA) is 54.9 Å². The lowest BCUT2D eigenvalue weighted by atomic mass is 9.98. The quantitative estimate of drug-likeness (QED) is 0.369. The summed E-state index contributed by atoms with van der Waals surface area (Å²) in [6.45, 7) is 5.20. The van der Waals surface area contributed by atoms with Gasteiger partial charge in [0.15, 0.2) is 5.96 Å². The van der Waals surface area contributed by atoms with Crippen molar-refractivity contribution in [3.8, 4) is 0 Å². The summed E-state index contributed by atoms with van der Waals surface area (Å²) < 4.78 is 24.7. The minimum absolute atomic E-state index is 0.243. The van der Waals surface area contributed by atoms with Crippen LogP contribution in [0.2, 0.25) is 0 Å². The van der Waals surface area contributed by atoms with Crippen molar-refractivity contribution >= 4 is 5.96 Å². The maximum absolute atomic E-state index is 13.7. The van der Waals surface area contributed by atoms with Gasteiger partial charge in [-0.05, 0) is 43.9 Å². The zero-order valence-electron chi connectivity index (χ0n) is 16.7. The molecule has 2 rings (SSSR count). The van der Waals surface area contributed by atoms with Crippen LogP contribution >= 0.6 is 0 Å². The highest BCUT2D eigenvalue weighted by Gasteiger charge is 2.13. The van der Waals surface area contributed by atoms with Crippen molar-refractivity contribution in [2.24, 2.45) is 4.99 Å². The molecule has 0 unspecified atom stereocenters. The van der Waals surface area contributed by atoms with E-state index in [2.05, 4.69) is 15.6 Å². The summed E-state index contributed by atoms with van der Waals surface area (Å²) >= 11 is 0. The fraction of sp³-hybridized carbons (Fsp3) is 0.667. The zero-order valence-corrected chi connectivity index (χ0v) is 16.7. The Balaban J connectivity index is 1.75. The van der Waals surface area contributed by atoms with Crippen LogP contribution in [0, 0.1) is 5.82 Å². The van der Waals surface area contributed by atoms with Gasteiger partial charge in [-0.3, -0.25) is 0 Å². The molecular weight excluding hydrogens is 345 g/mol. The van der Waals surface area contributed by atoms with E-state index in [0.29, 0.717) is 18.2 Å². The number of guanidine groups is 1. The number of rotatable bonds is 10. The van der Waals surface area contributed by atoms with E-state index in [1.54, 1.807) is 13.2 Å². The Morgan fingerprint density at radius 3 is 2.78 bits per heavy atom. The molecule has 1 aliphatic carbocycles. The first-order valence-corrected chi connectivity index (χ1v) is 10.1. The van der Waals surface area contributed by atoms with Crippen LogP contribution < -0.4 is 10.6 Å². The van der Waals surface area contributed by atoms with Crippen LogP contribution in [-0.4, -0.2) is 38.9 Å². The molecule has 6 heteroatoms. The first-order valence-electron chi connectivity index (χ1n) is 10.1. The van der Waals surface area contributed by atoms with E-state index in [4.69, 9.17) is 9.47 Å². The number of aliphatic imine (C=N–C) groups is 1. The third-order valence-corrected chi connectivity index (χ3v) is 4.69. The van der Waals surface area contributed by atoms with Crippen molar-refractivity contribution in [2.75, 3.05) is 26.8 Å². The summed E-state index contributed by atoms with van der Waals surface area (Å²) in [5.74, 6) is 0.528. The molecule has 0 saturated heterocycles. The van der Waals surface area contributed by atoms with E-state index in [1.807, 2.05) is 13.0 Å². The first kappa shape index (κ1) is 21.6. The summed E-state index contributed by atoms with van der Waals surface area (Å²) in [6, 6.07) is 5.05. The Kier molecular flexibility index (Phi) is 10.2. The van der Waals surface area contributed by atoms with Gasteiger partial charge in [0.25, 0.3) is 0 Å². The molecule has 0 amide bonds. The number of hydrogen-bond acceptors (Lipinski definition) is 3. The Morgan fingerprint density at radius 1 is 1.22 bits per heavy atom. The van der Waals surface area contributed by atoms with Crippen LogP contribution in [0.1, 0.15) is 56.6 Å². The van der Waals surface area contributed by atoms with E-state index in [0.717, 1.165) is 37.6 Å². The Bertz CT molecular complexity index is 575. The first-order chi connectivity index (χ1) is 13.2. The maximum atomic E-state index is 13.7. The molecule has 1 aliphatic rings. The molecule has 2 N–H and O–H groups in total. The molecule has 0 spiro atoms. The number of ether oxygens (including phenoxy) is 2. The minimum atomic E-state index is -0.243. The molecule has 0 atom stereocenters. The number of benzene rings is 1. The van der Waals surface area contributed by atoms with Gasteiger partial charge in [-0.15, -0.1) is 0 Å². The highest BCUT2D eigenvalue weighted by molar-refractivity contribution is 5.79. The Morgan fingerprint density at radius 2 is 2.04 bits per heavy atom. The predicted octanol–water partition coefficient (Wildman–Crippen LogP) is 3.77. The third-order valence-electron chi connectivity index (χ3n) is 4.69. The Hall–Kier alpha value is -1.66. The number of nitrogens with zero attached hydrogens (tertiary/aromatic N) is 1. The molecule has 0 radical (unpaired) electrons. The zero-order chi connectivity index (χ0) is 19.3. The van der Waals surface area contributed by atoms with Gasteiger partial charge in [-0.25, -0.2) is 9.38 Å². The maximum Gasteiger partial charge on any atom is 0.191 e. The summed E-state index contributed by atoms with van der Waals surface area (Å²) in [7, 11) is 1.56. The van der Waals surface area contributed by atoms with Gasteiger partial charge in [0.1, 0.15) is 5.82 Å². The van der Waals surface area contributed by atoms with Crippen LogP contribution in [0.4, 0.5) is 4.39 Å². The van der Waals surface area contributed by atoms with E-state index in [9.17, 15) is 4.39 Å². The van der Waals surface area contributed by atoms with Crippen molar-refractivity contribution < 1.29 is 13.9 Å². The average molecular weight is 380 g/mol. The van der Waals surface area contributed by atoms with E-state index in [1.165, 1.54) is 38.2 Å². The summed E-state index contributed by atoms with van der Waals surface area (Å²) in [6.07, 6.45) is 7.78. The van der Waals surface area contributed by atoms with Crippen molar-refractivity contribution in [3.05, 3.63) is 35.1 Å². The van der Waals surface area contributed by atoms with Crippen molar-refractivity contribution in [2.45, 2.75) is 64.7 Å². The van der Waals surface area contributed by atoms with Gasteiger partial charge in [-0.2, -0.15) is 0 Å². The molecule has 1 saturated carbocycles. The van der Waals surface area contributed by atoms with Crippen LogP contribution in [0.15, 0.2) is 23.2 Å². The highest BCUT2D eigenvalue weighted by atomic mass is 19.1. The average Bonchev–Trinajstić information content (AvgIpc) is 2.69. The molecule has 1 aromatic rings. The predicted molar refractivity (Wildman–Crippen MR) is 107 cm³/mol. The number of hydrogen-bond donors (Lipinski definition) is 2. The molecule has 27 heavy (non-hydrogen) atoms. The second kappa shape index (κ2) is 12.7. The fourth-order valence-corrected chi connectivity index (χ4v) is 3.27. The summed E-state index contributed by atoms with van der Waals surface area (Å²) in [5, 5.41) is 6.58. The van der Waals surface area contributed by atoms with E-state index < -0.39 is 0 Å². The largest absolute Gasteiger partial charge is 0.380 e. The highest BCUT2D eigenvalue weighted by Crippen LogP contribution is 2.20. The molecular formula is C21H34FN3O2. The summed E-state index contributed by atoms with van der Waals surface area (Å²) in [4.78, 5) is 4.59. The SMILES string of the molecule is CCNC(=NCc1ccc(F)c(COC)c1)NCCCOC1CCCCC1. The molecule has 1 fully saturated rings. The van der Waals surface area contributed by atoms with Gasteiger partial charge >= 0.3 is 0 Å². The van der Waals surface area contributed by atoms with E-state index >= 15 is 0 Å². The fourth-order valence-electron chi connectivity index (χ4n) is 3.27. The number of methoxy groups -OCH3 is 1. The molecule has 0 aliphatic heterocycles. The van der Waals surface area contributed by atoms with Gasteiger partial charge in [0.05, 0.1) is 19.3 Å². The molecule has 0 bridgehead atoms. The van der Waals surface area contributed by atoms with Crippen molar-refractivity contribution in [1.29, 1.82) is 0 Å². The molecule has 152 valence electrons. The van der Waals surface area contributed by atoms with Crippen LogP contribution in [0.5, 0.6) is 0 Å². The van der Waals surface area contributed by atoms with Gasteiger partial charge in [-0.1, -0.05) is 25.3 Å². The lowest BCUT2D eigenvalue weighted by Gasteiger charge is -2.22. The van der Waals surface area contributed by atoms with Gasteiger partial charge in [0, 0.05) is 32.4 Å². The van der Waals surface area contributed by atoms with Crippen molar-refractivity contribution in [1.82, 2.24) is 10.6 Å². The molecule has 1 aromatic carbocycles. The minimum Gasteiger partial charge on any atom is -0.380 e. The van der Waals surface area contributed by atoms with Crippen molar-refractivity contribution in [3.63, 3.8) is 0 Å². The number of halogens is 1. The van der Waals surface area contributed by atoms with E-state index in [-0.39, 0.29) is 12.4 Å². The number of nitrogens with one attached hydrogen (secondary N) is 2. The normalized spacial score (nSPS) is 15.7. The second-order valence-electron chi connectivity index (χ2n) is 6.97. The molecule has 0 aromatic heterocycles. The van der Waals surface area contributed by atoms with Crippen LogP contribution in [0.3, 0.4) is 0 Å². The lowest BCUT2D eigenvalue weighted by molar-refractivity contribution is 0.0277.